The van der Waals surface area contributed by atoms with Gasteiger partial charge < -0.3 is 4.42 Å². The topological polar surface area (TPSA) is 13.1 Å². The predicted molar refractivity (Wildman–Crippen MR) is 96.6 cm³/mol. The number of furan rings is 1. The van der Waals surface area contributed by atoms with Crippen LogP contribution in [0.15, 0.2) is 58.5 Å². The van der Waals surface area contributed by atoms with Gasteiger partial charge in [-0.2, -0.15) is 0 Å². The summed E-state index contributed by atoms with van der Waals surface area (Å²) in [6.45, 7) is 7.02. The van der Waals surface area contributed by atoms with E-state index in [1.807, 2.05) is 6.07 Å². The van der Waals surface area contributed by atoms with E-state index in [1.54, 1.807) is 5.57 Å². The fraction of sp³-hybridized carbons (Fsp3) is 0.273. The molecule has 0 fully saturated rings. The van der Waals surface area contributed by atoms with Crippen molar-refractivity contribution in [2.75, 3.05) is 0 Å². The SMILES string of the molecule is C[C@@H]1C=CC2=C(C1)C(C)(C)c1cc3oc4ccccc4c3cc12. The molecule has 1 aromatic heterocycles. The van der Waals surface area contributed by atoms with Crippen LogP contribution in [0.1, 0.15) is 38.3 Å². The van der Waals surface area contributed by atoms with Gasteiger partial charge in [-0.1, -0.05) is 56.7 Å². The number of allylic oxidation sites excluding steroid dienone is 4. The van der Waals surface area contributed by atoms with Crippen LogP contribution < -0.4 is 0 Å². The van der Waals surface area contributed by atoms with E-state index in [9.17, 15) is 0 Å². The zero-order valence-electron chi connectivity index (χ0n) is 13.8. The van der Waals surface area contributed by atoms with Crippen molar-refractivity contribution < 1.29 is 4.42 Å². The molecule has 0 radical (unpaired) electrons. The zero-order chi connectivity index (χ0) is 15.8. The van der Waals surface area contributed by atoms with Crippen molar-refractivity contribution in [1.29, 1.82) is 0 Å². The maximum Gasteiger partial charge on any atom is 0.135 e. The molecule has 0 N–H and O–H groups in total. The number of fused-ring (bicyclic) bond motifs is 5. The Bertz CT molecular complexity index is 1030. The molecule has 1 nitrogen and oxygen atoms in total. The van der Waals surface area contributed by atoms with Crippen molar-refractivity contribution in [3.05, 3.63) is 65.3 Å². The highest BCUT2D eigenvalue weighted by Crippen LogP contribution is 2.52. The smallest absolute Gasteiger partial charge is 0.135 e. The summed E-state index contributed by atoms with van der Waals surface area (Å²) in [5.41, 5.74) is 7.91. The van der Waals surface area contributed by atoms with Gasteiger partial charge in [0.15, 0.2) is 0 Å². The third kappa shape index (κ3) is 1.63. The number of hydrogen-bond acceptors (Lipinski definition) is 1. The summed E-state index contributed by atoms with van der Waals surface area (Å²) in [7, 11) is 0. The van der Waals surface area contributed by atoms with Crippen LogP contribution in [0.2, 0.25) is 0 Å². The maximum atomic E-state index is 6.11. The van der Waals surface area contributed by atoms with Gasteiger partial charge in [-0.25, -0.2) is 0 Å². The Morgan fingerprint density at radius 1 is 1.04 bits per heavy atom. The number of benzene rings is 2. The summed E-state index contributed by atoms with van der Waals surface area (Å²) in [5, 5.41) is 2.45. The lowest BCUT2D eigenvalue weighted by Gasteiger charge is -2.27. The molecule has 0 unspecified atom stereocenters. The molecule has 5 rings (SSSR count). The van der Waals surface area contributed by atoms with Crippen LogP contribution in [-0.4, -0.2) is 0 Å². The number of rotatable bonds is 0. The molecule has 23 heavy (non-hydrogen) atoms. The zero-order valence-corrected chi connectivity index (χ0v) is 13.8. The highest BCUT2D eigenvalue weighted by Gasteiger charge is 2.38. The van der Waals surface area contributed by atoms with Crippen molar-refractivity contribution in [1.82, 2.24) is 0 Å². The first kappa shape index (κ1) is 13.2. The molecule has 0 amide bonds. The van der Waals surface area contributed by atoms with Crippen LogP contribution in [0.25, 0.3) is 27.5 Å². The van der Waals surface area contributed by atoms with Crippen LogP contribution in [0.5, 0.6) is 0 Å². The molecule has 2 aromatic carbocycles. The Morgan fingerprint density at radius 2 is 1.87 bits per heavy atom. The molecule has 2 aliphatic carbocycles. The minimum atomic E-state index is 0.0941. The van der Waals surface area contributed by atoms with Crippen LogP contribution in [-0.2, 0) is 5.41 Å². The van der Waals surface area contributed by atoms with E-state index < -0.39 is 0 Å². The Balaban J connectivity index is 1.86. The summed E-state index contributed by atoms with van der Waals surface area (Å²) in [6, 6.07) is 13.0. The highest BCUT2D eigenvalue weighted by molar-refractivity contribution is 6.07. The average Bonchev–Trinajstić information content (AvgIpc) is 3.00. The molecule has 1 atom stereocenters. The van der Waals surface area contributed by atoms with Crippen LogP contribution in [0.3, 0.4) is 0 Å². The van der Waals surface area contributed by atoms with Crippen LogP contribution in [0, 0.1) is 5.92 Å². The van der Waals surface area contributed by atoms with Crippen molar-refractivity contribution in [3.8, 4) is 0 Å². The first-order valence-corrected chi connectivity index (χ1v) is 8.43. The maximum absolute atomic E-state index is 6.11. The second kappa shape index (κ2) is 4.17. The largest absolute Gasteiger partial charge is 0.456 e. The Hall–Kier alpha value is -2.28. The van der Waals surface area contributed by atoms with Crippen molar-refractivity contribution in [2.24, 2.45) is 5.92 Å². The second-order valence-corrected chi connectivity index (χ2v) is 7.55. The molecule has 114 valence electrons. The summed E-state index contributed by atoms with van der Waals surface area (Å²) < 4.78 is 6.11. The molecule has 0 aliphatic heterocycles. The van der Waals surface area contributed by atoms with Gasteiger partial charge in [-0.05, 0) is 47.2 Å². The standard InChI is InChI=1S/C22H20O/c1-13-8-9-14-16-11-17-15-6-4-5-7-20(15)23-21(17)12-19(16)22(2,3)18(14)10-13/h4-9,11-13H,10H2,1-3H3/t13-/m1/s1. The van der Waals surface area contributed by atoms with Gasteiger partial charge in [0.2, 0.25) is 0 Å². The van der Waals surface area contributed by atoms with Crippen LogP contribution >= 0.6 is 0 Å². The van der Waals surface area contributed by atoms with Gasteiger partial charge in [0, 0.05) is 16.2 Å². The van der Waals surface area contributed by atoms with E-state index in [2.05, 4.69) is 63.3 Å². The molecular formula is C22H20O. The summed E-state index contributed by atoms with van der Waals surface area (Å²) in [6.07, 6.45) is 5.85. The lowest BCUT2D eigenvalue weighted by molar-refractivity contribution is 0.565. The third-order valence-corrected chi connectivity index (χ3v) is 5.68. The van der Waals surface area contributed by atoms with Gasteiger partial charge >= 0.3 is 0 Å². The van der Waals surface area contributed by atoms with Crippen molar-refractivity contribution >= 4 is 27.5 Å². The monoisotopic (exact) mass is 300 g/mol. The molecule has 3 aromatic rings. The number of hydrogen-bond donors (Lipinski definition) is 0. The van der Waals surface area contributed by atoms with E-state index in [0.717, 1.165) is 17.6 Å². The van der Waals surface area contributed by atoms with Gasteiger partial charge in [-0.15, -0.1) is 0 Å². The molecule has 1 heterocycles. The fourth-order valence-corrected chi connectivity index (χ4v) is 4.38. The Kier molecular flexibility index (Phi) is 2.39. The molecule has 0 saturated heterocycles. The molecule has 0 saturated carbocycles. The van der Waals surface area contributed by atoms with Gasteiger partial charge in [0.05, 0.1) is 0 Å². The van der Waals surface area contributed by atoms with E-state index in [1.165, 1.54) is 27.5 Å². The molecular weight excluding hydrogens is 280 g/mol. The number of para-hydroxylation sites is 1. The van der Waals surface area contributed by atoms with Crippen LogP contribution in [0.4, 0.5) is 0 Å². The van der Waals surface area contributed by atoms with Crippen molar-refractivity contribution in [3.63, 3.8) is 0 Å². The fourth-order valence-electron chi connectivity index (χ4n) is 4.38. The first-order chi connectivity index (χ1) is 11.1. The quantitative estimate of drug-likeness (QED) is 0.480. The summed E-state index contributed by atoms with van der Waals surface area (Å²) in [5.74, 6) is 0.631. The Labute approximate surface area is 136 Å². The normalized spacial score (nSPS) is 22.0. The van der Waals surface area contributed by atoms with E-state index in [-0.39, 0.29) is 5.41 Å². The van der Waals surface area contributed by atoms with Gasteiger partial charge in [0.25, 0.3) is 0 Å². The highest BCUT2D eigenvalue weighted by atomic mass is 16.3. The minimum Gasteiger partial charge on any atom is -0.456 e. The summed E-state index contributed by atoms with van der Waals surface area (Å²) in [4.78, 5) is 0. The molecule has 1 heteroatoms. The van der Waals surface area contributed by atoms with Gasteiger partial charge in [0.1, 0.15) is 11.2 Å². The summed E-state index contributed by atoms with van der Waals surface area (Å²) >= 11 is 0. The van der Waals surface area contributed by atoms with Gasteiger partial charge in [-0.3, -0.25) is 0 Å². The van der Waals surface area contributed by atoms with E-state index in [4.69, 9.17) is 4.42 Å². The molecule has 0 spiro atoms. The van der Waals surface area contributed by atoms with E-state index >= 15 is 0 Å². The molecule has 0 bridgehead atoms. The third-order valence-electron chi connectivity index (χ3n) is 5.68. The molecule has 2 aliphatic rings. The lowest BCUT2D eigenvalue weighted by Crippen LogP contribution is -2.19. The van der Waals surface area contributed by atoms with E-state index in [0.29, 0.717) is 5.92 Å². The first-order valence-electron chi connectivity index (χ1n) is 8.43. The minimum absolute atomic E-state index is 0.0941. The predicted octanol–water partition coefficient (Wildman–Crippen LogP) is 6.23. The lowest BCUT2D eigenvalue weighted by atomic mass is 9.76. The second-order valence-electron chi connectivity index (χ2n) is 7.55. The van der Waals surface area contributed by atoms with Crippen molar-refractivity contribution in [2.45, 2.75) is 32.6 Å². The average molecular weight is 300 g/mol. The Morgan fingerprint density at radius 3 is 2.74 bits per heavy atom.